The molecule has 5 heteroatoms. The molecule has 1 saturated heterocycles. The minimum atomic E-state index is -0.434. The van der Waals surface area contributed by atoms with Crippen LogP contribution in [-0.4, -0.2) is 43.4 Å². The molecule has 1 rings (SSSR count). The van der Waals surface area contributed by atoms with Crippen molar-refractivity contribution in [2.45, 2.75) is 51.8 Å². The van der Waals surface area contributed by atoms with Gasteiger partial charge in [-0.3, -0.25) is 0 Å². The van der Waals surface area contributed by atoms with Gasteiger partial charge in [-0.1, -0.05) is 0 Å². The van der Waals surface area contributed by atoms with Crippen LogP contribution in [0.5, 0.6) is 0 Å². The van der Waals surface area contributed by atoms with E-state index < -0.39 is 5.60 Å². The van der Waals surface area contributed by atoms with Gasteiger partial charge in [0.15, 0.2) is 0 Å². The maximum absolute atomic E-state index is 11.4. The lowest BCUT2D eigenvalue weighted by atomic mass is 10.2. The summed E-state index contributed by atoms with van der Waals surface area (Å²) in [7, 11) is 0. The second-order valence-electron chi connectivity index (χ2n) is 5.64. The molecular weight excluding hydrogens is 218 g/mol. The molecule has 0 aromatic rings. The molecule has 2 unspecified atom stereocenters. The van der Waals surface area contributed by atoms with Gasteiger partial charge in [0.1, 0.15) is 5.60 Å². The van der Waals surface area contributed by atoms with Gasteiger partial charge >= 0.3 is 6.09 Å². The van der Waals surface area contributed by atoms with Crippen molar-refractivity contribution in [2.24, 2.45) is 0 Å². The molecule has 0 radical (unpaired) electrons. The van der Waals surface area contributed by atoms with Gasteiger partial charge in [-0.05, 0) is 40.7 Å². The van der Waals surface area contributed by atoms with E-state index >= 15 is 0 Å². The van der Waals surface area contributed by atoms with Gasteiger partial charge in [-0.15, -0.1) is 0 Å². The largest absolute Gasteiger partial charge is 0.444 e. The minimum Gasteiger partial charge on any atom is -0.444 e. The molecule has 1 aliphatic rings. The molecule has 2 atom stereocenters. The minimum absolute atomic E-state index is 0.257. The number of carbonyl (C=O) groups excluding carboxylic acids is 1. The highest BCUT2D eigenvalue weighted by Crippen LogP contribution is 2.06. The summed E-state index contributed by atoms with van der Waals surface area (Å²) in [6.45, 7) is 10.3. The lowest BCUT2D eigenvalue weighted by Gasteiger charge is -2.22. The molecule has 1 aliphatic heterocycles. The molecule has 0 aliphatic carbocycles. The second kappa shape index (κ2) is 6.21. The van der Waals surface area contributed by atoms with Crippen LogP contribution in [0.15, 0.2) is 0 Å². The Morgan fingerprint density at radius 2 is 2.24 bits per heavy atom. The Hall–Kier alpha value is -0.810. The molecule has 0 saturated carbocycles. The first-order chi connectivity index (χ1) is 7.87. The van der Waals surface area contributed by atoms with E-state index in [9.17, 15) is 4.79 Å². The first-order valence-electron chi connectivity index (χ1n) is 6.30. The number of carbonyl (C=O) groups is 1. The third-order valence-corrected chi connectivity index (χ3v) is 2.53. The van der Waals surface area contributed by atoms with Gasteiger partial charge in [0.25, 0.3) is 0 Å². The van der Waals surface area contributed by atoms with E-state index in [0.717, 1.165) is 19.5 Å². The third kappa shape index (κ3) is 6.48. The molecule has 100 valence electrons. The molecule has 5 nitrogen and oxygen atoms in total. The maximum atomic E-state index is 11.4. The van der Waals surface area contributed by atoms with Crippen LogP contribution < -0.4 is 16.0 Å². The number of amides is 1. The average molecular weight is 243 g/mol. The highest BCUT2D eigenvalue weighted by molar-refractivity contribution is 5.67. The SMILES string of the molecule is CC(CNC(=O)OC(C)(C)C)NC1CCNC1. The van der Waals surface area contributed by atoms with Crippen LogP contribution in [0.25, 0.3) is 0 Å². The van der Waals surface area contributed by atoms with Crippen molar-refractivity contribution in [1.82, 2.24) is 16.0 Å². The fraction of sp³-hybridized carbons (Fsp3) is 0.917. The number of ether oxygens (including phenoxy) is 1. The van der Waals surface area contributed by atoms with Gasteiger partial charge in [-0.25, -0.2) is 4.79 Å². The Balaban J connectivity index is 2.14. The molecule has 0 aromatic heterocycles. The zero-order chi connectivity index (χ0) is 12.9. The lowest BCUT2D eigenvalue weighted by molar-refractivity contribution is 0.0522. The summed E-state index contributed by atoms with van der Waals surface area (Å²) in [5, 5.41) is 9.53. The number of alkyl carbamates (subject to hydrolysis) is 1. The smallest absolute Gasteiger partial charge is 0.407 e. The van der Waals surface area contributed by atoms with Crippen LogP contribution in [-0.2, 0) is 4.74 Å². The van der Waals surface area contributed by atoms with Crippen LogP contribution in [0.2, 0.25) is 0 Å². The average Bonchev–Trinajstić information content (AvgIpc) is 2.64. The Kier molecular flexibility index (Phi) is 5.21. The maximum Gasteiger partial charge on any atom is 0.407 e. The summed E-state index contributed by atoms with van der Waals surface area (Å²) in [5.74, 6) is 0. The zero-order valence-electron chi connectivity index (χ0n) is 11.3. The predicted octanol–water partition coefficient (Wildman–Crippen LogP) is 0.851. The Morgan fingerprint density at radius 1 is 1.53 bits per heavy atom. The Labute approximate surface area is 104 Å². The van der Waals surface area contributed by atoms with E-state index in [0.29, 0.717) is 12.6 Å². The van der Waals surface area contributed by atoms with Crippen molar-refractivity contribution in [1.29, 1.82) is 0 Å². The van der Waals surface area contributed by atoms with Crippen LogP contribution in [0, 0.1) is 0 Å². The molecule has 1 amide bonds. The van der Waals surface area contributed by atoms with Crippen LogP contribution in [0.4, 0.5) is 4.79 Å². The van der Waals surface area contributed by atoms with E-state index in [4.69, 9.17) is 4.74 Å². The zero-order valence-corrected chi connectivity index (χ0v) is 11.3. The quantitative estimate of drug-likeness (QED) is 0.685. The number of rotatable bonds is 4. The lowest BCUT2D eigenvalue weighted by Crippen LogP contribution is -2.45. The van der Waals surface area contributed by atoms with E-state index in [1.807, 2.05) is 20.8 Å². The number of hydrogen-bond acceptors (Lipinski definition) is 4. The topological polar surface area (TPSA) is 62.4 Å². The standard InChI is InChI=1S/C12H25N3O2/c1-9(15-10-5-6-13-8-10)7-14-11(16)17-12(2,3)4/h9-10,13,15H,5-8H2,1-4H3,(H,14,16). The van der Waals surface area contributed by atoms with Crippen molar-refractivity contribution in [2.75, 3.05) is 19.6 Å². The van der Waals surface area contributed by atoms with Crippen molar-refractivity contribution < 1.29 is 9.53 Å². The van der Waals surface area contributed by atoms with E-state index in [1.165, 1.54) is 0 Å². The van der Waals surface area contributed by atoms with Crippen LogP contribution >= 0.6 is 0 Å². The van der Waals surface area contributed by atoms with Gasteiger partial charge in [-0.2, -0.15) is 0 Å². The highest BCUT2D eigenvalue weighted by atomic mass is 16.6. The summed E-state index contributed by atoms with van der Waals surface area (Å²) in [6, 6.07) is 0.776. The van der Waals surface area contributed by atoms with Crippen molar-refractivity contribution in [3.05, 3.63) is 0 Å². The molecule has 1 heterocycles. The third-order valence-electron chi connectivity index (χ3n) is 2.53. The highest BCUT2D eigenvalue weighted by Gasteiger charge is 2.18. The summed E-state index contributed by atoms with van der Waals surface area (Å²) in [6.07, 6.45) is 0.798. The summed E-state index contributed by atoms with van der Waals surface area (Å²) in [4.78, 5) is 11.4. The van der Waals surface area contributed by atoms with Crippen LogP contribution in [0.3, 0.4) is 0 Å². The van der Waals surface area contributed by atoms with Crippen molar-refractivity contribution in [3.8, 4) is 0 Å². The fourth-order valence-corrected chi connectivity index (χ4v) is 1.81. The van der Waals surface area contributed by atoms with Crippen LogP contribution in [0.1, 0.15) is 34.1 Å². The van der Waals surface area contributed by atoms with Gasteiger partial charge in [0.2, 0.25) is 0 Å². The Morgan fingerprint density at radius 3 is 2.76 bits per heavy atom. The molecule has 0 bridgehead atoms. The molecule has 0 spiro atoms. The summed E-state index contributed by atoms with van der Waals surface area (Å²) >= 11 is 0. The normalized spacial score (nSPS) is 22.2. The number of hydrogen-bond donors (Lipinski definition) is 3. The first-order valence-corrected chi connectivity index (χ1v) is 6.30. The Bertz CT molecular complexity index is 245. The van der Waals surface area contributed by atoms with E-state index in [2.05, 4.69) is 22.9 Å². The van der Waals surface area contributed by atoms with Gasteiger partial charge < -0.3 is 20.7 Å². The summed E-state index contributed by atoms with van der Waals surface area (Å²) in [5.41, 5.74) is -0.434. The monoisotopic (exact) mass is 243 g/mol. The number of nitrogens with one attached hydrogen (secondary N) is 3. The molecular formula is C12H25N3O2. The first kappa shape index (κ1) is 14.3. The predicted molar refractivity (Wildman–Crippen MR) is 68.1 cm³/mol. The molecule has 1 fully saturated rings. The summed E-state index contributed by atoms with van der Waals surface area (Å²) < 4.78 is 5.17. The van der Waals surface area contributed by atoms with E-state index in [1.54, 1.807) is 0 Å². The van der Waals surface area contributed by atoms with Crippen molar-refractivity contribution in [3.63, 3.8) is 0 Å². The fourth-order valence-electron chi connectivity index (χ4n) is 1.81. The molecule has 3 N–H and O–H groups in total. The van der Waals surface area contributed by atoms with E-state index in [-0.39, 0.29) is 12.1 Å². The molecule has 0 aromatic carbocycles. The van der Waals surface area contributed by atoms with Gasteiger partial charge in [0.05, 0.1) is 0 Å². The van der Waals surface area contributed by atoms with Gasteiger partial charge in [0, 0.05) is 25.2 Å². The van der Waals surface area contributed by atoms with Crippen molar-refractivity contribution >= 4 is 6.09 Å². The second-order valence-corrected chi connectivity index (χ2v) is 5.64. The molecule has 17 heavy (non-hydrogen) atoms.